The van der Waals surface area contributed by atoms with Crippen LogP contribution in [0.4, 0.5) is 10.1 Å². The van der Waals surface area contributed by atoms with E-state index in [1.165, 1.54) is 12.5 Å². The van der Waals surface area contributed by atoms with Gasteiger partial charge in [0.1, 0.15) is 17.4 Å². The quantitative estimate of drug-likeness (QED) is 0.541. The van der Waals surface area contributed by atoms with Crippen LogP contribution in [0.1, 0.15) is 40.7 Å². The average molecular weight is 462 g/mol. The maximum Gasteiger partial charge on any atom is 0.251 e. The van der Waals surface area contributed by atoms with Gasteiger partial charge in [-0.15, -0.1) is 0 Å². The Kier molecular flexibility index (Phi) is 6.05. The number of piperidine rings is 1. The van der Waals surface area contributed by atoms with Crippen molar-refractivity contribution < 1.29 is 14.3 Å². The lowest BCUT2D eigenvalue weighted by Gasteiger charge is -2.30. The monoisotopic (exact) mass is 461 g/mol. The molecule has 0 aromatic heterocycles. The number of amidine groups is 1. The summed E-state index contributed by atoms with van der Waals surface area (Å²) < 4.78 is 14.2. The molecule has 2 aliphatic rings. The second kappa shape index (κ2) is 9.27. The summed E-state index contributed by atoms with van der Waals surface area (Å²) >= 11 is 1.54. The van der Waals surface area contributed by atoms with Gasteiger partial charge in [-0.05, 0) is 73.4 Å². The van der Waals surface area contributed by atoms with Gasteiger partial charge in [-0.25, -0.2) is 9.38 Å². The molecule has 0 aliphatic carbocycles. The first kappa shape index (κ1) is 21.5. The number of amides is 1. The molecular formula is C26H24FN3O2S. The van der Waals surface area contributed by atoms with E-state index in [-0.39, 0.29) is 17.5 Å². The van der Waals surface area contributed by atoms with Crippen molar-refractivity contribution in [1.29, 1.82) is 0 Å². The highest BCUT2D eigenvalue weighted by Crippen LogP contribution is 2.41. The smallest absolute Gasteiger partial charge is 0.251 e. The van der Waals surface area contributed by atoms with Gasteiger partial charge in [-0.3, -0.25) is 4.79 Å². The molecule has 0 radical (unpaired) electrons. The SMILES string of the molecule is O=C(NCc1cccc(O)c1)c1ccc2c(c1)N=C(N1CCCCC1)c1cc(F)ccc1S2. The predicted molar refractivity (Wildman–Crippen MR) is 128 cm³/mol. The molecule has 1 saturated heterocycles. The molecule has 3 aromatic rings. The summed E-state index contributed by atoms with van der Waals surface area (Å²) in [5, 5.41) is 12.5. The Balaban J connectivity index is 1.46. The molecule has 5 rings (SSSR count). The number of phenolic OH excluding ortho intramolecular Hbond substituents is 1. The van der Waals surface area contributed by atoms with Crippen molar-refractivity contribution in [2.75, 3.05) is 13.1 Å². The highest BCUT2D eigenvalue weighted by molar-refractivity contribution is 7.99. The summed E-state index contributed by atoms with van der Waals surface area (Å²) in [5.41, 5.74) is 2.83. The second-order valence-electron chi connectivity index (χ2n) is 8.26. The molecule has 33 heavy (non-hydrogen) atoms. The summed E-state index contributed by atoms with van der Waals surface area (Å²) in [4.78, 5) is 21.9. The van der Waals surface area contributed by atoms with E-state index in [4.69, 9.17) is 4.99 Å². The Morgan fingerprint density at radius 3 is 2.67 bits per heavy atom. The van der Waals surface area contributed by atoms with E-state index < -0.39 is 0 Å². The number of hydrogen-bond donors (Lipinski definition) is 2. The average Bonchev–Trinajstić information content (AvgIpc) is 2.99. The van der Waals surface area contributed by atoms with Crippen molar-refractivity contribution in [1.82, 2.24) is 10.2 Å². The molecule has 0 saturated carbocycles. The minimum Gasteiger partial charge on any atom is -0.508 e. The number of hydrogen-bond acceptors (Lipinski definition) is 5. The largest absolute Gasteiger partial charge is 0.508 e. The highest BCUT2D eigenvalue weighted by Gasteiger charge is 2.24. The third-order valence-corrected chi connectivity index (χ3v) is 7.01. The van der Waals surface area contributed by atoms with E-state index >= 15 is 0 Å². The van der Waals surface area contributed by atoms with Crippen LogP contribution in [0.2, 0.25) is 0 Å². The van der Waals surface area contributed by atoms with Crippen molar-refractivity contribution in [2.24, 2.45) is 4.99 Å². The summed E-state index contributed by atoms with van der Waals surface area (Å²) in [6.45, 7) is 2.09. The van der Waals surface area contributed by atoms with E-state index in [9.17, 15) is 14.3 Å². The number of phenols is 1. The van der Waals surface area contributed by atoms with Gasteiger partial charge in [0.25, 0.3) is 5.91 Å². The number of aliphatic imine (C=N–C) groups is 1. The molecule has 3 aromatic carbocycles. The van der Waals surface area contributed by atoms with Crippen molar-refractivity contribution in [2.45, 2.75) is 35.6 Å². The van der Waals surface area contributed by atoms with Gasteiger partial charge < -0.3 is 15.3 Å². The Labute approximate surface area is 196 Å². The molecule has 2 N–H and O–H groups in total. The van der Waals surface area contributed by atoms with E-state index in [0.29, 0.717) is 17.8 Å². The molecule has 0 spiro atoms. The zero-order valence-electron chi connectivity index (χ0n) is 18.1. The molecule has 0 bridgehead atoms. The van der Waals surface area contributed by atoms with Gasteiger partial charge in [-0.1, -0.05) is 23.9 Å². The Morgan fingerprint density at radius 2 is 1.85 bits per heavy atom. The molecule has 7 heteroatoms. The number of nitrogens with one attached hydrogen (secondary N) is 1. The van der Waals surface area contributed by atoms with Gasteiger partial charge in [0, 0.05) is 40.6 Å². The molecule has 168 valence electrons. The third kappa shape index (κ3) is 4.73. The maximum atomic E-state index is 14.2. The normalized spacial score (nSPS) is 15.2. The number of benzene rings is 3. The van der Waals surface area contributed by atoms with Crippen LogP contribution in [0.5, 0.6) is 5.75 Å². The first-order chi connectivity index (χ1) is 16.1. The van der Waals surface area contributed by atoms with Crippen molar-refractivity contribution in [3.8, 4) is 5.75 Å². The number of aromatic hydroxyl groups is 1. The maximum absolute atomic E-state index is 14.2. The van der Waals surface area contributed by atoms with Crippen LogP contribution in [0.3, 0.4) is 0 Å². The minimum atomic E-state index is -0.281. The van der Waals surface area contributed by atoms with Crippen LogP contribution in [-0.4, -0.2) is 34.8 Å². The number of fused-ring (bicyclic) bond motifs is 2. The lowest BCUT2D eigenvalue weighted by Crippen LogP contribution is -2.36. The third-order valence-electron chi connectivity index (χ3n) is 5.87. The van der Waals surface area contributed by atoms with E-state index in [2.05, 4.69) is 10.2 Å². The lowest BCUT2D eigenvalue weighted by atomic mass is 10.1. The van der Waals surface area contributed by atoms with Crippen LogP contribution in [0.15, 0.2) is 75.4 Å². The molecule has 1 fully saturated rings. The summed E-state index contributed by atoms with van der Waals surface area (Å²) in [5.74, 6) is 0.442. The minimum absolute atomic E-state index is 0.166. The van der Waals surface area contributed by atoms with Crippen molar-refractivity contribution in [3.05, 3.63) is 83.2 Å². The number of likely N-dealkylation sites (tertiary alicyclic amines) is 1. The van der Waals surface area contributed by atoms with Gasteiger partial charge in [-0.2, -0.15) is 0 Å². The van der Waals surface area contributed by atoms with Crippen molar-refractivity contribution in [3.63, 3.8) is 0 Å². The Bertz CT molecular complexity index is 1240. The fraction of sp³-hybridized carbons (Fsp3) is 0.231. The standard InChI is InChI=1S/C26H24FN3O2S/c27-19-8-10-23-21(15-19)25(30-11-2-1-3-12-30)29-22-14-18(7-9-24(22)33-23)26(32)28-16-17-5-4-6-20(31)13-17/h4-10,13-15,31H,1-3,11-12,16H2,(H,28,32). The summed E-state index contributed by atoms with van der Waals surface area (Å²) in [6.07, 6.45) is 3.36. The molecule has 0 unspecified atom stereocenters. The molecule has 2 aliphatic heterocycles. The first-order valence-electron chi connectivity index (χ1n) is 11.1. The first-order valence-corrected chi connectivity index (χ1v) is 11.9. The molecule has 5 nitrogen and oxygen atoms in total. The Hall–Kier alpha value is -3.32. The second-order valence-corrected chi connectivity index (χ2v) is 9.34. The molecular weight excluding hydrogens is 437 g/mol. The zero-order valence-corrected chi connectivity index (χ0v) is 18.9. The van der Waals surface area contributed by atoms with Gasteiger partial charge in [0.2, 0.25) is 0 Å². The van der Waals surface area contributed by atoms with Crippen LogP contribution >= 0.6 is 11.8 Å². The fourth-order valence-electron chi connectivity index (χ4n) is 4.19. The number of nitrogens with zero attached hydrogens (tertiary/aromatic N) is 2. The predicted octanol–water partition coefficient (Wildman–Crippen LogP) is 5.49. The molecule has 2 heterocycles. The van der Waals surface area contributed by atoms with Crippen LogP contribution in [-0.2, 0) is 6.54 Å². The highest BCUT2D eigenvalue weighted by atomic mass is 32.2. The number of rotatable bonds is 3. The zero-order chi connectivity index (χ0) is 22.8. The Morgan fingerprint density at radius 1 is 1.03 bits per heavy atom. The van der Waals surface area contributed by atoms with Crippen LogP contribution in [0, 0.1) is 5.82 Å². The lowest BCUT2D eigenvalue weighted by molar-refractivity contribution is 0.0951. The van der Waals surface area contributed by atoms with Crippen LogP contribution in [0.25, 0.3) is 0 Å². The summed E-state index contributed by atoms with van der Waals surface area (Å²) in [7, 11) is 0. The van der Waals surface area contributed by atoms with Gasteiger partial charge in [0.05, 0.1) is 5.69 Å². The van der Waals surface area contributed by atoms with E-state index in [1.54, 1.807) is 54.2 Å². The number of halogens is 1. The molecule has 1 amide bonds. The van der Waals surface area contributed by atoms with E-state index in [1.807, 2.05) is 12.1 Å². The number of carbonyl (C=O) groups excluding carboxylic acids is 1. The van der Waals surface area contributed by atoms with Crippen molar-refractivity contribution >= 4 is 29.2 Å². The van der Waals surface area contributed by atoms with E-state index in [0.717, 1.165) is 52.7 Å². The van der Waals surface area contributed by atoms with Gasteiger partial charge in [0.15, 0.2) is 0 Å². The fourth-order valence-corrected chi connectivity index (χ4v) is 5.17. The van der Waals surface area contributed by atoms with Crippen LogP contribution < -0.4 is 5.32 Å². The van der Waals surface area contributed by atoms with Gasteiger partial charge >= 0.3 is 0 Å². The molecule has 0 atom stereocenters. The summed E-state index contributed by atoms with van der Waals surface area (Å²) in [6, 6.07) is 17.1. The number of carbonyl (C=O) groups is 1. The topological polar surface area (TPSA) is 64.9 Å².